The van der Waals surface area contributed by atoms with Crippen molar-refractivity contribution < 1.29 is 27.1 Å². The van der Waals surface area contributed by atoms with E-state index in [0.29, 0.717) is 13.1 Å². The molecule has 178 valence electrons. The van der Waals surface area contributed by atoms with Crippen LogP contribution in [0.15, 0.2) is 42.5 Å². The molecule has 5 rings (SSSR count). The SMILES string of the molecule is Cc1cc(F)ccc1-c1cc(C)n(C2CC3(C2)CN(C(=O)c2ccc(F)cc2OC(F)F)C3)n1. The average molecular weight is 473 g/mol. The van der Waals surface area contributed by atoms with Crippen molar-refractivity contribution in [1.29, 1.82) is 0 Å². The summed E-state index contributed by atoms with van der Waals surface area (Å²) in [5.74, 6) is -1.94. The van der Waals surface area contributed by atoms with Gasteiger partial charge >= 0.3 is 6.61 Å². The third kappa shape index (κ3) is 3.93. The van der Waals surface area contributed by atoms with Crippen molar-refractivity contribution in [2.24, 2.45) is 5.41 Å². The number of likely N-dealkylation sites (tertiary alicyclic amines) is 1. The number of amides is 1. The number of hydrogen-bond donors (Lipinski definition) is 0. The molecule has 1 saturated carbocycles. The zero-order valence-electron chi connectivity index (χ0n) is 18.7. The highest BCUT2D eigenvalue weighted by Gasteiger charge is 2.55. The first kappa shape index (κ1) is 22.4. The second-order valence-corrected chi connectivity index (χ2v) is 9.32. The van der Waals surface area contributed by atoms with Crippen LogP contribution < -0.4 is 4.74 Å². The van der Waals surface area contributed by atoms with Gasteiger partial charge in [-0.2, -0.15) is 13.9 Å². The van der Waals surface area contributed by atoms with Crippen molar-refractivity contribution in [1.82, 2.24) is 14.7 Å². The number of carbonyl (C=O) groups excluding carboxylic acids is 1. The van der Waals surface area contributed by atoms with Crippen LogP contribution in [0.2, 0.25) is 0 Å². The van der Waals surface area contributed by atoms with Gasteiger partial charge in [0, 0.05) is 35.8 Å². The van der Waals surface area contributed by atoms with Crippen LogP contribution in [0.5, 0.6) is 5.75 Å². The lowest BCUT2D eigenvalue weighted by molar-refractivity contribution is -0.0751. The molecule has 5 nitrogen and oxygen atoms in total. The summed E-state index contributed by atoms with van der Waals surface area (Å²) in [5.41, 5.74) is 3.40. The van der Waals surface area contributed by atoms with Gasteiger partial charge in [0.1, 0.15) is 17.4 Å². The molecular formula is C25H23F4N3O2. The Balaban J connectivity index is 1.24. The van der Waals surface area contributed by atoms with Crippen LogP contribution in [-0.2, 0) is 0 Å². The molecule has 2 aromatic carbocycles. The number of carbonyl (C=O) groups is 1. The topological polar surface area (TPSA) is 47.4 Å². The van der Waals surface area contributed by atoms with E-state index in [9.17, 15) is 22.4 Å². The maximum Gasteiger partial charge on any atom is 0.387 e. The summed E-state index contributed by atoms with van der Waals surface area (Å²) in [6.45, 7) is 1.68. The lowest BCUT2D eigenvalue weighted by Gasteiger charge is -2.59. The maximum absolute atomic E-state index is 13.5. The Morgan fingerprint density at radius 2 is 1.74 bits per heavy atom. The smallest absolute Gasteiger partial charge is 0.387 e. The Morgan fingerprint density at radius 3 is 2.41 bits per heavy atom. The van der Waals surface area contributed by atoms with Crippen molar-refractivity contribution in [3.05, 3.63) is 70.9 Å². The van der Waals surface area contributed by atoms with Gasteiger partial charge in [-0.1, -0.05) is 0 Å². The monoisotopic (exact) mass is 473 g/mol. The Kier molecular flexibility index (Phi) is 5.37. The second-order valence-electron chi connectivity index (χ2n) is 9.32. The van der Waals surface area contributed by atoms with Gasteiger partial charge in [-0.15, -0.1) is 0 Å². The molecule has 0 N–H and O–H groups in total. The maximum atomic E-state index is 13.5. The van der Waals surface area contributed by atoms with Crippen molar-refractivity contribution in [3.63, 3.8) is 0 Å². The van der Waals surface area contributed by atoms with Gasteiger partial charge in [-0.25, -0.2) is 8.78 Å². The molecule has 0 atom stereocenters. The van der Waals surface area contributed by atoms with Crippen LogP contribution >= 0.6 is 0 Å². The molecule has 1 saturated heterocycles. The van der Waals surface area contributed by atoms with Gasteiger partial charge < -0.3 is 9.64 Å². The van der Waals surface area contributed by atoms with E-state index in [1.807, 2.05) is 24.6 Å². The lowest BCUT2D eigenvalue weighted by atomic mass is 9.60. The van der Waals surface area contributed by atoms with Gasteiger partial charge in [0.15, 0.2) is 0 Å². The number of halogens is 4. The molecule has 0 radical (unpaired) electrons. The Labute approximate surface area is 193 Å². The number of hydrogen-bond acceptors (Lipinski definition) is 3. The van der Waals surface area contributed by atoms with Crippen LogP contribution in [0.4, 0.5) is 17.6 Å². The molecule has 2 heterocycles. The summed E-state index contributed by atoms with van der Waals surface area (Å²) in [6.07, 6.45) is 1.68. The van der Waals surface area contributed by atoms with Crippen molar-refractivity contribution in [2.75, 3.05) is 13.1 Å². The van der Waals surface area contributed by atoms with E-state index in [1.165, 1.54) is 18.2 Å². The molecule has 2 fully saturated rings. The zero-order chi connectivity index (χ0) is 24.2. The van der Waals surface area contributed by atoms with Crippen LogP contribution in [0.1, 0.15) is 40.5 Å². The molecule has 0 unspecified atom stereocenters. The van der Waals surface area contributed by atoms with E-state index >= 15 is 0 Å². The van der Waals surface area contributed by atoms with Crippen LogP contribution in [0.25, 0.3) is 11.3 Å². The Bertz CT molecular complexity index is 1260. The molecule has 9 heteroatoms. The van der Waals surface area contributed by atoms with Gasteiger partial charge in [0.05, 0.1) is 17.3 Å². The number of rotatable bonds is 5. The minimum atomic E-state index is -3.15. The van der Waals surface area contributed by atoms with E-state index in [-0.39, 0.29) is 22.8 Å². The molecule has 2 aliphatic rings. The first-order chi connectivity index (χ1) is 16.1. The fourth-order valence-electron chi connectivity index (χ4n) is 5.22. The Morgan fingerprint density at radius 1 is 1.06 bits per heavy atom. The van der Waals surface area contributed by atoms with E-state index in [4.69, 9.17) is 5.10 Å². The third-order valence-corrected chi connectivity index (χ3v) is 6.80. The lowest BCUT2D eigenvalue weighted by Crippen LogP contribution is -2.63. The highest BCUT2D eigenvalue weighted by atomic mass is 19.3. The van der Waals surface area contributed by atoms with Crippen molar-refractivity contribution >= 4 is 5.91 Å². The number of ether oxygens (including phenoxy) is 1. The molecule has 1 aliphatic carbocycles. The predicted octanol–water partition coefficient (Wildman–Crippen LogP) is 5.52. The summed E-state index contributed by atoms with van der Waals surface area (Å²) >= 11 is 0. The summed E-state index contributed by atoms with van der Waals surface area (Å²) < 4.78 is 58.6. The number of aryl methyl sites for hydroxylation is 2. The molecule has 3 aromatic rings. The van der Waals surface area contributed by atoms with E-state index in [0.717, 1.165) is 47.5 Å². The van der Waals surface area contributed by atoms with Gasteiger partial charge in [0.25, 0.3) is 5.91 Å². The van der Waals surface area contributed by atoms with Crippen molar-refractivity contribution in [3.8, 4) is 17.0 Å². The fraction of sp³-hybridized carbons (Fsp3) is 0.360. The molecular weight excluding hydrogens is 450 g/mol. The molecule has 1 spiro atoms. The van der Waals surface area contributed by atoms with E-state index in [1.54, 1.807) is 11.0 Å². The second kappa shape index (κ2) is 8.14. The standard InChI is InChI=1S/C25H23F4N3O2/c1-14-7-16(26)3-5-19(14)21-8-15(2)32(30-21)18-10-25(11-18)12-31(13-25)23(33)20-6-4-17(27)9-22(20)34-24(28)29/h3-9,18,24H,10-13H2,1-2H3. The minimum absolute atomic E-state index is 0.0333. The molecule has 34 heavy (non-hydrogen) atoms. The van der Waals surface area contributed by atoms with Gasteiger partial charge in [-0.3, -0.25) is 9.48 Å². The first-order valence-corrected chi connectivity index (χ1v) is 11.0. The largest absolute Gasteiger partial charge is 0.434 e. The summed E-state index contributed by atoms with van der Waals surface area (Å²) in [6, 6.07) is 9.86. The van der Waals surface area contributed by atoms with Crippen molar-refractivity contribution in [2.45, 2.75) is 39.3 Å². The van der Waals surface area contributed by atoms with Crippen LogP contribution in [0.3, 0.4) is 0 Å². The Hall–Kier alpha value is -3.36. The highest BCUT2D eigenvalue weighted by molar-refractivity contribution is 5.97. The minimum Gasteiger partial charge on any atom is -0.434 e. The first-order valence-electron chi connectivity index (χ1n) is 11.0. The van der Waals surface area contributed by atoms with E-state index < -0.39 is 24.1 Å². The third-order valence-electron chi connectivity index (χ3n) is 6.80. The number of benzene rings is 2. The number of alkyl halides is 2. The highest BCUT2D eigenvalue weighted by Crippen LogP contribution is 2.54. The van der Waals surface area contributed by atoms with E-state index in [2.05, 4.69) is 4.74 Å². The normalized spacial score (nSPS) is 17.1. The average Bonchev–Trinajstić information content (AvgIpc) is 3.06. The quantitative estimate of drug-likeness (QED) is 0.458. The van der Waals surface area contributed by atoms with Gasteiger partial charge in [-0.05, 0) is 68.7 Å². The summed E-state index contributed by atoms with van der Waals surface area (Å²) in [7, 11) is 0. The molecule has 1 amide bonds. The van der Waals surface area contributed by atoms with Crippen LogP contribution in [0, 0.1) is 30.9 Å². The fourth-order valence-corrected chi connectivity index (χ4v) is 5.22. The molecule has 1 aliphatic heterocycles. The zero-order valence-corrected chi connectivity index (χ0v) is 18.7. The number of aromatic nitrogens is 2. The molecule has 1 aromatic heterocycles. The summed E-state index contributed by atoms with van der Waals surface area (Å²) in [4.78, 5) is 14.4. The van der Waals surface area contributed by atoms with Gasteiger partial charge in [0.2, 0.25) is 0 Å². The number of nitrogens with zero attached hydrogens (tertiary/aromatic N) is 3. The predicted molar refractivity (Wildman–Crippen MR) is 117 cm³/mol. The summed E-state index contributed by atoms with van der Waals surface area (Å²) in [5, 5.41) is 4.76. The molecule has 0 bridgehead atoms. The van der Waals surface area contributed by atoms with Crippen LogP contribution in [-0.4, -0.2) is 40.3 Å².